The van der Waals surface area contributed by atoms with Crippen molar-refractivity contribution in [1.29, 1.82) is 5.26 Å². The fourth-order valence-electron chi connectivity index (χ4n) is 1.74. The second kappa shape index (κ2) is 6.02. The molecule has 0 saturated heterocycles. The zero-order chi connectivity index (χ0) is 12.8. The normalized spacial score (nSPS) is 9.76. The number of esters is 1. The Hall–Kier alpha value is -1.86. The van der Waals surface area contributed by atoms with Gasteiger partial charge >= 0.3 is 5.97 Å². The van der Waals surface area contributed by atoms with E-state index < -0.39 is 5.97 Å². The largest absolute Gasteiger partial charge is 0.469 e. The Morgan fingerprint density at radius 2 is 2.12 bits per heavy atom. The third kappa shape index (κ3) is 2.83. The first kappa shape index (κ1) is 13.2. The molecule has 1 N–H and O–H groups in total. The van der Waals surface area contributed by atoms with Gasteiger partial charge < -0.3 is 9.84 Å². The molecule has 0 atom stereocenters. The summed E-state index contributed by atoms with van der Waals surface area (Å²) in [4.78, 5) is 11.3. The van der Waals surface area contributed by atoms with Crippen LogP contribution in [0.2, 0.25) is 0 Å². The number of benzene rings is 1. The number of methoxy groups -OCH3 is 1. The molecular weight excluding hydrogens is 218 g/mol. The van der Waals surface area contributed by atoms with E-state index >= 15 is 0 Å². The highest BCUT2D eigenvalue weighted by Gasteiger charge is 2.15. The molecule has 0 aliphatic carbocycles. The van der Waals surface area contributed by atoms with Crippen LogP contribution in [0.4, 0.5) is 0 Å². The number of rotatable bonds is 4. The van der Waals surface area contributed by atoms with Crippen LogP contribution in [-0.2, 0) is 29.0 Å². The summed E-state index contributed by atoms with van der Waals surface area (Å²) in [5, 5.41) is 18.4. The predicted octanol–water partition coefficient (Wildman–Crippen LogP) is 1.33. The first-order valence-electron chi connectivity index (χ1n) is 5.39. The zero-order valence-corrected chi connectivity index (χ0v) is 9.99. The molecule has 17 heavy (non-hydrogen) atoms. The van der Waals surface area contributed by atoms with E-state index in [0.717, 1.165) is 5.56 Å². The molecule has 0 saturated carbocycles. The zero-order valence-electron chi connectivity index (χ0n) is 9.99. The summed E-state index contributed by atoms with van der Waals surface area (Å²) in [6.45, 7) is 1.75. The highest BCUT2D eigenvalue weighted by molar-refractivity contribution is 5.74. The van der Waals surface area contributed by atoms with E-state index in [0.29, 0.717) is 23.1 Å². The summed E-state index contributed by atoms with van der Waals surface area (Å²) >= 11 is 0. The van der Waals surface area contributed by atoms with Crippen LogP contribution >= 0.6 is 0 Å². The average molecular weight is 233 g/mol. The van der Waals surface area contributed by atoms with Gasteiger partial charge in [-0.1, -0.05) is 19.1 Å². The van der Waals surface area contributed by atoms with Crippen molar-refractivity contribution in [2.24, 2.45) is 0 Å². The number of aliphatic hydroxyl groups is 1. The van der Waals surface area contributed by atoms with Gasteiger partial charge in [-0.25, -0.2) is 0 Å². The van der Waals surface area contributed by atoms with Crippen molar-refractivity contribution in [1.82, 2.24) is 0 Å². The van der Waals surface area contributed by atoms with Gasteiger partial charge in [0.15, 0.2) is 0 Å². The molecule has 0 amide bonds. The van der Waals surface area contributed by atoms with Crippen LogP contribution in [0.5, 0.6) is 0 Å². The van der Waals surface area contributed by atoms with Crippen molar-refractivity contribution < 1.29 is 14.6 Å². The topological polar surface area (TPSA) is 70.3 Å². The lowest BCUT2D eigenvalue weighted by atomic mass is 9.93. The number of aliphatic hydroxyl groups excluding tert-OH is 1. The number of aryl methyl sites for hydroxylation is 1. The highest BCUT2D eigenvalue weighted by atomic mass is 16.5. The van der Waals surface area contributed by atoms with Gasteiger partial charge in [0.05, 0.1) is 31.8 Å². The van der Waals surface area contributed by atoms with Gasteiger partial charge in [0.25, 0.3) is 0 Å². The molecule has 0 bridgehead atoms. The van der Waals surface area contributed by atoms with Crippen LogP contribution in [0.1, 0.15) is 29.2 Å². The van der Waals surface area contributed by atoms with Crippen LogP contribution in [0.25, 0.3) is 0 Å². The molecule has 1 rings (SSSR count). The standard InChI is InChI=1S/C13H15NO3/c1-3-9-4-5-10(8-15)11(12(9)7-14)6-13(16)17-2/h4-5,15H,3,6,8H2,1-2H3. The Bertz CT molecular complexity index is 460. The number of carbonyl (C=O) groups excluding carboxylic acids is 1. The molecule has 0 heterocycles. The second-order valence-electron chi connectivity index (χ2n) is 3.61. The third-order valence-corrected chi connectivity index (χ3v) is 2.71. The Balaban J connectivity index is 3.31. The van der Waals surface area contributed by atoms with Crippen molar-refractivity contribution in [3.05, 3.63) is 34.4 Å². The number of ether oxygens (including phenoxy) is 1. The Morgan fingerprint density at radius 3 is 2.59 bits per heavy atom. The number of nitrogens with zero attached hydrogens (tertiary/aromatic N) is 1. The van der Waals surface area contributed by atoms with Crippen molar-refractivity contribution in [2.45, 2.75) is 26.4 Å². The predicted molar refractivity (Wildman–Crippen MR) is 62.2 cm³/mol. The second-order valence-corrected chi connectivity index (χ2v) is 3.61. The number of hydrogen-bond donors (Lipinski definition) is 1. The van der Waals surface area contributed by atoms with E-state index in [2.05, 4.69) is 10.8 Å². The first-order valence-corrected chi connectivity index (χ1v) is 5.39. The van der Waals surface area contributed by atoms with Gasteiger partial charge in [-0.3, -0.25) is 4.79 Å². The average Bonchev–Trinajstić information content (AvgIpc) is 2.37. The van der Waals surface area contributed by atoms with E-state index in [1.165, 1.54) is 7.11 Å². The molecule has 0 aliphatic rings. The van der Waals surface area contributed by atoms with E-state index in [4.69, 9.17) is 5.26 Å². The van der Waals surface area contributed by atoms with Gasteiger partial charge in [-0.05, 0) is 23.1 Å². The fraction of sp³-hybridized carbons (Fsp3) is 0.385. The molecule has 1 aromatic rings. The molecule has 0 aromatic heterocycles. The summed E-state index contributed by atoms with van der Waals surface area (Å²) < 4.78 is 4.60. The molecular formula is C13H15NO3. The van der Waals surface area contributed by atoms with Crippen LogP contribution in [0.15, 0.2) is 12.1 Å². The molecule has 1 aromatic carbocycles. The van der Waals surface area contributed by atoms with Crippen LogP contribution < -0.4 is 0 Å². The summed E-state index contributed by atoms with van der Waals surface area (Å²) in [7, 11) is 1.30. The molecule has 0 spiro atoms. The van der Waals surface area contributed by atoms with Crippen molar-refractivity contribution in [3.63, 3.8) is 0 Å². The maximum Gasteiger partial charge on any atom is 0.310 e. The third-order valence-electron chi connectivity index (χ3n) is 2.71. The Labute approximate surface area is 100 Å². The van der Waals surface area contributed by atoms with E-state index in [9.17, 15) is 9.90 Å². The maximum atomic E-state index is 11.3. The van der Waals surface area contributed by atoms with E-state index in [-0.39, 0.29) is 13.0 Å². The van der Waals surface area contributed by atoms with Crippen LogP contribution in [0.3, 0.4) is 0 Å². The van der Waals surface area contributed by atoms with Gasteiger partial charge in [0, 0.05) is 0 Å². The molecule has 0 radical (unpaired) electrons. The minimum atomic E-state index is -0.413. The summed E-state index contributed by atoms with van der Waals surface area (Å²) in [6, 6.07) is 5.66. The smallest absolute Gasteiger partial charge is 0.310 e. The summed E-state index contributed by atoms with van der Waals surface area (Å²) in [6.07, 6.45) is 0.728. The van der Waals surface area contributed by atoms with Gasteiger partial charge in [-0.2, -0.15) is 5.26 Å². The number of hydrogen-bond acceptors (Lipinski definition) is 4. The lowest BCUT2D eigenvalue weighted by molar-refractivity contribution is -0.139. The molecule has 4 nitrogen and oxygen atoms in total. The molecule has 0 fully saturated rings. The van der Waals surface area contributed by atoms with Gasteiger partial charge in [0.1, 0.15) is 0 Å². The van der Waals surface area contributed by atoms with Gasteiger partial charge in [-0.15, -0.1) is 0 Å². The lowest BCUT2D eigenvalue weighted by Crippen LogP contribution is -2.10. The fourth-order valence-corrected chi connectivity index (χ4v) is 1.74. The monoisotopic (exact) mass is 233 g/mol. The Kier molecular flexibility index (Phi) is 4.68. The van der Waals surface area contributed by atoms with Crippen LogP contribution in [0, 0.1) is 11.3 Å². The van der Waals surface area contributed by atoms with Crippen LogP contribution in [-0.4, -0.2) is 18.2 Å². The summed E-state index contributed by atoms with van der Waals surface area (Å²) in [5.74, 6) is -0.413. The molecule has 0 aliphatic heterocycles. The molecule has 90 valence electrons. The number of nitriles is 1. The van der Waals surface area contributed by atoms with Crippen molar-refractivity contribution >= 4 is 5.97 Å². The van der Waals surface area contributed by atoms with Crippen molar-refractivity contribution in [2.75, 3.05) is 7.11 Å². The minimum Gasteiger partial charge on any atom is -0.469 e. The summed E-state index contributed by atoms with van der Waals surface area (Å²) in [5.41, 5.74) is 2.53. The molecule has 0 unspecified atom stereocenters. The first-order chi connectivity index (χ1) is 8.17. The maximum absolute atomic E-state index is 11.3. The van der Waals surface area contributed by atoms with Crippen molar-refractivity contribution in [3.8, 4) is 6.07 Å². The van der Waals surface area contributed by atoms with E-state index in [1.807, 2.05) is 13.0 Å². The minimum absolute atomic E-state index is 0.0170. The van der Waals surface area contributed by atoms with E-state index in [1.54, 1.807) is 6.07 Å². The highest BCUT2D eigenvalue weighted by Crippen LogP contribution is 2.20. The quantitative estimate of drug-likeness (QED) is 0.796. The molecule has 4 heteroatoms. The van der Waals surface area contributed by atoms with Gasteiger partial charge in [0.2, 0.25) is 0 Å². The lowest BCUT2D eigenvalue weighted by Gasteiger charge is -2.11. The SMILES string of the molecule is CCc1ccc(CO)c(CC(=O)OC)c1C#N. The Morgan fingerprint density at radius 1 is 1.47 bits per heavy atom. The number of carbonyl (C=O) groups is 1.